The highest BCUT2D eigenvalue weighted by atomic mass is 32.2. The van der Waals surface area contributed by atoms with Crippen LogP contribution in [0.3, 0.4) is 0 Å². The van der Waals surface area contributed by atoms with Gasteiger partial charge in [0.05, 0.1) is 15.9 Å². The maximum absolute atomic E-state index is 12.2. The zero-order chi connectivity index (χ0) is 12.5. The third kappa shape index (κ3) is 2.33. The van der Waals surface area contributed by atoms with Gasteiger partial charge in [-0.25, -0.2) is 8.42 Å². The summed E-state index contributed by atoms with van der Waals surface area (Å²) in [6.45, 7) is 1.84. The number of hydrogen-bond donors (Lipinski definition) is 1. The minimum atomic E-state index is -3.50. The Morgan fingerprint density at radius 3 is 2.41 bits per heavy atom. The lowest BCUT2D eigenvalue weighted by Crippen LogP contribution is -2.18. The molecule has 0 heterocycles. The SMILES string of the molecule is C[C@H]1C=CC(S(=O)(=O)c2ccccc2)=C[C@H]1O. The van der Waals surface area contributed by atoms with Gasteiger partial charge in [0.25, 0.3) is 0 Å². The van der Waals surface area contributed by atoms with Gasteiger partial charge in [-0.1, -0.05) is 31.2 Å². The molecule has 4 heteroatoms. The first-order valence-electron chi connectivity index (χ1n) is 5.40. The van der Waals surface area contributed by atoms with Gasteiger partial charge in [-0.15, -0.1) is 0 Å². The average molecular weight is 250 g/mol. The molecule has 2 atom stereocenters. The highest BCUT2D eigenvalue weighted by Crippen LogP contribution is 2.25. The van der Waals surface area contributed by atoms with E-state index in [1.807, 2.05) is 6.92 Å². The van der Waals surface area contributed by atoms with Gasteiger partial charge in [-0.2, -0.15) is 0 Å². The highest BCUT2D eigenvalue weighted by molar-refractivity contribution is 7.95. The number of aliphatic hydroxyl groups is 1. The van der Waals surface area contributed by atoms with E-state index >= 15 is 0 Å². The Bertz CT molecular complexity index is 556. The van der Waals surface area contributed by atoms with Gasteiger partial charge in [0.2, 0.25) is 9.84 Å². The van der Waals surface area contributed by atoms with Crippen molar-refractivity contribution in [2.75, 3.05) is 0 Å². The molecule has 90 valence electrons. The van der Waals surface area contributed by atoms with Crippen LogP contribution in [0.4, 0.5) is 0 Å². The van der Waals surface area contributed by atoms with Crippen molar-refractivity contribution >= 4 is 9.84 Å². The number of allylic oxidation sites excluding steroid dienone is 1. The van der Waals surface area contributed by atoms with Gasteiger partial charge in [-0.05, 0) is 24.3 Å². The summed E-state index contributed by atoms with van der Waals surface area (Å²) in [5, 5.41) is 9.67. The molecule has 1 aromatic rings. The van der Waals surface area contributed by atoms with Crippen LogP contribution in [0.1, 0.15) is 6.92 Å². The second-order valence-corrected chi connectivity index (χ2v) is 6.04. The van der Waals surface area contributed by atoms with E-state index in [0.29, 0.717) is 0 Å². The third-order valence-corrected chi connectivity index (χ3v) is 4.59. The van der Waals surface area contributed by atoms with E-state index in [4.69, 9.17) is 0 Å². The van der Waals surface area contributed by atoms with E-state index in [2.05, 4.69) is 0 Å². The minimum absolute atomic E-state index is 0.0512. The molecule has 0 fully saturated rings. The molecule has 2 rings (SSSR count). The molecule has 17 heavy (non-hydrogen) atoms. The lowest BCUT2D eigenvalue weighted by molar-refractivity contribution is 0.183. The summed E-state index contributed by atoms with van der Waals surface area (Å²) in [7, 11) is -3.50. The van der Waals surface area contributed by atoms with E-state index in [0.717, 1.165) is 0 Å². The van der Waals surface area contributed by atoms with Crippen LogP contribution in [-0.4, -0.2) is 19.6 Å². The Morgan fingerprint density at radius 1 is 1.18 bits per heavy atom. The van der Waals surface area contributed by atoms with Crippen molar-refractivity contribution in [1.29, 1.82) is 0 Å². The first kappa shape index (κ1) is 12.1. The van der Waals surface area contributed by atoms with Crippen molar-refractivity contribution < 1.29 is 13.5 Å². The van der Waals surface area contributed by atoms with Crippen molar-refractivity contribution in [3.8, 4) is 0 Å². The van der Waals surface area contributed by atoms with Crippen LogP contribution in [0.25, 0.3) is 0 Å². The number of benzene rings is 1. The van der Waals surface area contributed by atoms with Crippen molar-refractivity contribution in [1.82, 2.24) is 0 Å². The van der Waals surface area contributed by atoms with E-state index < -0.39 is 15.9 Å². The maximum atomic E-state index is 12.2. The second kappa shape index (κ2) is 4.47. The quantitative estimate of drug-likeness (QED) is 0.872. The Balaban J connectivity index is 2.42. The van der Waals surface area contributed by atoms with Crippen LogP contribution < -0.4 is 0 Å². The largest absolute Gasteiger partial charge is 0.388 e. The Morgan fingerprint density at radius 2 is 1.82 bits per heavy atom. The summed E-state index contributed by atoms with van der Waals surface area (Å²) in [5.74, 6) is -0.0512. The summed E-state index contributed by atoms with van der Waals surface area (Å²) in [6, 6.07) is 8.22. The monoisotopic (exact) mass is 250 g/mol. The van der Waals surface area contributed by atoms with Gasteiger partial charge in [0.1, 0.15) is 0 Å². The fraction of sp³-hybridized carbons (Fsp3) is 0.231. The Hall–Kier alpha value is -1.39. The van der Waals surface area contributed by atoms with Gasteiger partial charge in [0, 0.05) is 5.92 Å². The van der Waals surface area contributed by atoms with Crippen LogP contribution in [0.5, 0.6) is 0 Å². The highest BCUT2D eigenvalue weighted by Gasteiger charge is 2.23. The molecule has 1 aliphatic carbocycles. The van der Waals surface area contributed by atoms with Crippen molar-refractivity contribution in [3.63, 3.8) is 0 Å². The first-order chi connectivity index (χ1) is 8.01. The van der Waals surface area contributed by atoms with Gasteiger partial charge < -0.3 is 5.11 Å². The number of hydrogen-bond acceptors (Lipinski definition) is 3. The van der Waals surface area contributed by atoms with E-state index in [-0.39, 0.29) is 15.7 Å². The summed E-state index contributed by atoms with van der Waals surface area (Å²) < 4.78 is 24.4. The summed E-state index contributed by atoms with van der Waals surface area (Å²) in [5.41, 5.74) is 0. The first-order valence-corrected chi connectivity index (χ1v) is 6.88. The average Bonchev–Trinajstić information content (AvgIpc) is 2.33. The molecule has 0 amide bonds. The third-order valence-electron chi connectivity index (χ3n) is 2.80. The molecule has 1 aliphatic rings. The van der Waals surface area contributed by atoms with Crippen LogP contribution in [0, 0.1) is 5.92 Å². The normalized spacial score (nSPS) is 24.5. The van der Waals surface area contributed by atoms with Gasteiger partial charge >= 0.3 is 0 Å². The topological polar surface area (TPSA) is 54.4 Å². The van der Waals surface area contributed by atoms with Crippen LogP contribution >= 0.6 is 0 Å². The lowest BCUT2D eigenvalue weighted by Gasteiger charge is -2.18. The van der Waals surface area contributed by atoms with Crippen molar-refractivity contribution in [2.24, 2.45) is 5.92 Å². The number of aliphatic hydroxyl groups excluding tert-OH is 1. The van der Waals surface area contributed by atoms with Crippen LogP contribution in [0.15, 0.2) is 58.4 Å². The molecule has 0 saturated heterocycles. The van der Waals surface area contributed by atoms with E-state index in [1.165, 1.54) is 6.08 Å². The zero-order valence-electron chi connectivity index (χ0n) is 9.45. The Kier molecular flexibility index (Phi) is 3.17. The molecule has 3 nitrogen and oxygen atoms in total. The molecule has 1 N–H and O–H groups in total. The van der Waals surface area contributed by atoms with E-state index in [1.54, 1.807) is 42.5 Å². The molecule has 0 aromatic heterocycles. The zero-order valence-corrected chi connectivity index (χ0v) is 10.3. The van der Waals surface area contributed by atoms with Crippen molar-refractivity contribution in [2.45, 2.75) is 17.9 Å². The fourth-order valence-electron chi connectivity index (χ4n) is 1.65. The molecule has 0 aliphatic heterocycles. The predicted molar refractivity (Wildman–Crippen MR) is 66.0 cm³/mol. The lowest BCUT2D eigenvalue weighted by atomic mass is 10.0. The second-order valence-electron chi connectivity index (χ2n) is 4.09. The summed E-state index contributed by atoms with van der Waals surface area (Å²) in [6.07, 6.45) is 3.92. The molecule has 0 spiro atoms. The summed E-state index contributed by atoms with van der Waals surface area (Å²) >= 11 is 0. The van der Waals surface area contributed by atoms with Gasteiger partial charge in [-0.3, -0.25) is 0 Å². The predicted octanol–water partition coefficient (Wildman–Crippen LogP) is 1.91. The molecule has 0 saturated carbocycles. The van der Waals surface area contributed by atoms with Gasteiger partial charge in [0.15, 0.2) is 0 Å². The number of rotatable bonds is 2. The smallest absolute Gasteiger partial charge is 0.206 e. The fourth-order valence-corrected chi connectivity index (χ4v) is 3.01. The molecule has 1 aromatic carbocycles. The van der Waals surface area contributed by atoms with Crippen LogP contribution in [-0.2, 0) is 9.84 Å². The molecular weight excluding hydrogens is 236 g/mol. The Labute approximate surface area is 101 Å². The molecule has 0 bridgehead atoms. The molecule has 0 radical (unpaired) electrons. The van der Waals surface area contributed by atoms with E-state index in [9.17, 15) is 13.5 Å². The molecule has 0 unspecified atom stereocenters. The minimum Gasteiger partial charge on any atom is -0.388 e. The molecular formula is C13H14O3S. The number of sulfone groups is 1. The van der Waals surface area contributed by atoms with Crippen LogP contribution in [0.2, 0.25) is 0 Å². The standard InChI is InChI=1S/C13H14O3S/c1-10-7-8-12(9-13(10)14)17(15,16)11-5-3-2-4-6-11/h2-10,13-14H,1H3/t10-,13+/m0/s1. The van der Waals surface area contributed by atoms with Crippen molar-refractivity contribution in [3.05, 3.63) is 53.5 Å². The summed E-state index contributed by atoms with van der Waals surface area (Å²) in [4.78, 5) is 0.409. The maximum Gasteiger partial charge on any atom is 0.206 e.